The normalized spacial score (nSPS) is 17.0. The summed E-state index contributed by atoms with van der Waals surface area (Å²) in [6.07, 6.45) is 2.22. The van der Waals surface area contributed by atoms with Gasteiger partial charge in [0.05, 0.1) is 5.92 Å². The van der Waals surface area contributed by atoms with Crippen LogP contribution in [-0.4, -0.2) is 15.6 Å². The van der Waals surface area contributed by atoms with Crippen molar-refractivity contribution in [1.29, 1.82) is 0 Å². The molecule has 0 saturated heterocycles. The summed E-state index contributed by atoms with van der Waals surface area (Å²) >= 11 is 0. The van der Waals surface area contributed by atoms with Gasteiger partial charge in [0, 0.05) is 22.6 Å². The van der Waals surface area contributed by atoms with E-state index in [4.69, 9.17) is 0 Å². The summed E-state index contributed by atoms with van der Waals surface area (Å²) in [5.74, 6) is -0.936. The monoisotopic (exact) mass is 333 g/mol. The third kappa shape index (κ3) is 2.64. The third-order valence-electron chi connectivity index (χ3n) is 5.37. The number of hydrogen-bond acceptors (Lipinski definition) is 1. The molecule has 1 aromatic heterocycles. The predicted molar refractivity (Wildman–Crippen MR) is 101 cm³/mol. The molecule has 4 rings (SSSR count). The second-order valence-electron chi connectivity index (χ2n) is 7.26. The molecule has 3 nitrogen and oxygen atoms in total. The van der Waals surface area contributed by atoms with Crippen molar-refractivity contribution < 1.29 is 9.90 Å². The van der Waals surface area contributed by atoms with Crippen molar-refractivity contribution in [1.82, 2.24) is 4.57 Å². The van der Waals surface area contributed by atoms with Gasteiger partial charge >= 0.3 is 5.97 Å². The highest BCUT2D eigenvalue weighted by molar-refractivity contribution is 5.91. The minimum atomic E-state index is -0.671. The fourth-order valence-electron chi connectivity index (χ4n) is 4.20. The number of nitrogens with zero attached hydrogens (tertiary/aromatic N) is 1. The predicted octanol–water partition coefficient (Wildman–Crippen LogP) is 5.08. The smallest absolute Gasteiger partial charge is 0.306 e. The van der Waals surface area contributed by atoms with Gasteiger partial charge in [0.1, 0.15) is 0 Å². The number of carboxylic acid groups (broad SMARTS) is 1. The second kappa shape index (κ2) is 6.07. The zero-order valence-electron chi connectivity index (χ0n) is 14.7. The standard InChI is InChI=1S/C22H23NO2/c1-14(2)23-20-10-8-16(15-6-4-3-5-7-15)12-18(20)19-13-17(22(24)25)9-11-21(19)23/h3-8,10,12,14,17H,9,11,13H2,1-2H3,(H,24,25). The maximum Gasteiger partial charge on any atom is 0.306 e. The first-order valence-corrected chi connectivity index (χ1v) is 9.00. The summed E-state index contributed by atoms with van der Waals surface area (Å²) in [7, 11) is 0. The van der Waals surface area contributed by atoms with Crippen molar-refractivity contribution in [3.63, 3.8) is 0 Å². The SMILES string of the molecule is CC(C)n1c2c(c3cc(-c4ccccc4)ccc31)CC(C(=O)O)CC2. The quantitative estimate of drug-likeness (QED) is 0.726. The molecule has 3 aromatic rings. The summed E-state index contributed by atoms with van der Waals surface area (Å²) in [5, 5.41) is 10.7. The fraction of sp³-hybridized carbons (Fsp3) is 0.318. The molecular weight excluding hydrogens is 310 g/mol. The van der Waals surface area contributed by atoms with Gasteiger partial charge in [-0.1, -0.05) is 36.4 Å². The van der Waals surface area contributed by atoms with Crippen LogP contribution in [0.2, 0.25) is 0 Å². The average molecular weight is 333 g/mol. The molecule has 25 heavy (non-hydrogen) atoms. The van der Waals surface area contributed by atoms with Gasteiger partial charge in [-0.3, -0.25) is 4.79 Å². The van der Waals surface area contributed by atoms with Crippen molar-refractivity contribution in [2.75, 3.05) is 0 Å². The van der Waals surface area contributed by atoms with E-state index in [-0.39, 0.29) is 5.92 Å². The summed E-state index contributed by atoms with van der Waals surface area (Å²) in [4.78, 5) is 11.5. The molecule has 1 aliphatic rings. The number of hydrogen-bond donors (Lipinski definition) is 1. The number of carboxylic acids is 1. The van der Waals surface area contributed by atoms with E-state index < -0.39 is 5.97 Å². The van der Waals surface area contributed by atoms with Crippen molar-refractivity contribution in [3.05, 3.63) is 59.8 Å². The third-order valence-corrected chi connectivity index (χ3v) is 5.37. The first kappa shape index (κ1) is 15.9. The van der Waals surface area contributed by atoms with Crippen LogP contribution in [0.5, 0.6) is 0 Å². The molecule has 0 aliphatic heterocycles. The Morgan fingerprint density at radius 1 is 1.12 bits per heavy atom. The number of rotatable bonds is 3. The van der Waals surface area contributed by atoms with E-state index in [0.717, 1.165) is 12.8 Å². The summed E-state index contributed by atoms with van der Waals surface area (Å²) in [6.45, 7) is 4.40. The highest BCUT2D eigenvalue weighted by atomic mass is 16.4. The molecule has 2 aromatic carbocycles. The van der Waals surface area contributed by atoms with E-state index in [1.807, 2.05) is 6.07 Å². The Hall–Kier alpha value is -2.55. The molecule has 0 bridgehead atoms. The van der Waals surface area contributed by atoms with Crippen LogP contribution in [0.3, 0.4) is 0 Å². The zero-order chi connectivity index (χ0) is 17.6. The van der Waals surface area contributed by atoms with Crippen molar-refractivity contribution in [3.8, 4) is 11.1 Å². The van der Waals surface area contributed by atoms with Crippen LogP contribution >= 0.6 is 0 Å². The summed E-state index contributed by atoms with van der Waals surface area (Å²) in [5.41, 5.74) is 6.17. The highest BCUT2D eigenvalue weighted by Gasteiger charge is 2.29. The maximum absolute atomic E-state index is 11.5. The minimum Gasteiger partial charge on any atom is -0.481 e. The Labute approximate surface area is 147 Å². The molecule has 1 atom stereocenters. The van der Waals surface area contributed by atoms with Gasteiger partial charge in [-0.05, 0) is 61.9 Å². The van der Waals surface area contributed by atoms with Crippen LogP contribution in [0.25, 0.3) is 22.0 Å². The van der Waals surface area contributed by atoms with Crippen LogP contribution in [0.4, 0.5) is 0 Å². The lowest BCUT2D eigenvalue weighted by atomic mass is 9.86. The first-order valence-electron chi connectivity index (χ1n) is 9.00. The molecule has 128 valence electrons. The molecule has 0 radical (unpaired) electrons. The van der Waals surface area contributed by atoms with Crippen molar-refractivity contribution in [2.24, 2.45) is 5.92 Å². The molecule has 1 aliphatic carbocycles. The van der Waals surface area contributed by atoms with Gasteiger partial charge in [0.2, 0.25) is 0 Å². The Bertz CT molecular complexity index is 938. The lowest BCUT2D eigenvalue weighted by Gasteiger charge is -2.22. The van der Waals surface area contributed by atoms with E-state index in [9.17, 15) is 9.90 Å². The molecule has 0 fully saturated rings. The van der Waals surface area contributed by atoms with E-state index in [1.165, 1.54) is 33.3 Å². The van der Waals surface area contributed by atoms with Gasteiger partial charge in [-0.15, -0.1) is 0 Å². The van der Waals surface area contributed by atoms with Crippen LogP contribution in [0.1, 0.15) is 37.6 Å². The van der Waals surface area contributed by atoms with Gasteiger partial charge in [-0.2, -0.15) is 0 Å². The number of benzene rings is 2. The van der Waals surface area contributed by atoms with Gasteiger partial charge in [-0.25, -0.2) is 0 Å². The van der Waals surface area contributed by atoms with Crippen LogP contribution in [0, 0.1) is 5.92 Å². The molecule has 0 spiro atoms. The van der Waals surface area contributed by atoms with Crippen LogP contribution in [0.15, 0.2) is 48.5 Å². The number of fused-ring (bicyclic) bond motifs is 3. The molecular formula is C22H23NO2. The molecule has 1 N–H and O–H groups in total. The van der Waals surface area contributed by atoms with E-state index in [0.29, 0.717) is 12.5 Å². The first-order chi connectivity index (χ1) is 12.1. The molecule has 3 heteroatoms. The van der Waals surface area contributed by atoms with Crippen LogP contribution in [-0.2, 0) is 17.6 Å². The fourth-order valence-corrected chi connectivity index (χ4v) is 4.20. The van der Waals surface area contributed by atoms with Gasteiger partial charge in [0.15, 0.2) is 0 Å². The zero-order valence-corrected chi connectivity index (χ0v) is 14.7. The number of aromatic nitrogens is 1. The summed E-state index contributed by atoms with van der Waals surface area (Å²) in [6, 6.07) is 17.4. The lowest BCUT2D eigenvalue weighted by Crippen LogP contribution is -2.23. The second-order valence-corrected chi connectivity index (χ2v) is 7.26. The topological polar surface area (TPSA) is 42.2 Å². The van der Waals surface area contributed by atoms with E-state index >= 15 is 0 Å². The Balaban J connectivity index is 1.93. The Morgan fingerprint density at radius 3 is 2.56 bits per heavy atom. The molecule has 0 amide bonds. The Kier molecular flexibility index (Phi) is 3.87. The minimum absolute atomic E-state index is 0.265. The van der Waals surface area contributed by atoms with E-state index in [2.05, 4.69) is 60.9 Å². The largest absolute Gasteiger partial charge is 0.481 e. The van der Waals surface area contributed by atoms with E-state index in [1.54, 1.807) is 0 Å². The summed E-state index contributed by atoms with van der Waals surface area (Å²) < 4.78 is 2.40. The average Bonchev–Trinajstić information content (AvgIpc) is 2.95. The lowest BCUT2D eigenvalue weighted by molar-refractivity contribution is -0.142. The Morgan fingerprint density at radius 2 is 1.88 bits per heavy atom. The number of aliphatic carboxylic acids is 1. The van der Waals surface area contributed by atoms with Gasteiger partial charge < -0.3 is 9.67 Å². The number of carbonyl (C=O) groups is 1. The molecule has 0 saturated carbocycles. The van der Waals surface area contributed by atoms with Crippen molar-refractivity contribution >= 4 is 16.9 Å². The van der Waals surface area contributed by atoms with Crippen LogP contribution < -0.4 is 0 Å². The highest BCUT2D eigenvalue weighted by Crippen LogP contribution is 2.38. The van der Waals surface area contributed by atoms with Crippen molar-refractivity contribution in [2.45, 2.75) is 39.2 Å². The maximum atomic E-state index is 11.5. The molecule has 1 heterocycles. The molecule has 1 unspecified atom stereocenters. The van der Waals surface area contributed by atoms with Gasteiger partial charge in [0.25, 0.3) is 0 Å².